The normalized spacial score (nSPS) is 11.2. The van der Waals surface area contributed by atoms with Gasteiger partial charge in [0, 0.05) is 4.47 Å². The van der Waals surface area contributed by atoms with Gasteiger partial charge in [-0.05, 0) is 30.3 Å². The lowest BCUT2D eigenvalue weighted by atomic mass is 10.3. The molecule has 0 atom stereocenters. The van der Waals surface area contributed by atoms with Crippen molar-refractivity contribution in [2.24, 2.45) is 0 Å². The van der Waals surface area contributed by atoms with E-state index in [1.165, 1.54) is 24.3 Å². The third-order valence-electron chi connectivity index (χ3n) is 3.01. The highest BCUT2D eigenvalue weighted by molar-refractivity contribution is 9.10. The lowest BCUT2D eigenvalue weighted by molar-refractivity contribution is -0.114. The number of nitrogens with one attached hydrogen (secondary N) is 1. The monoisotopic (exact) mass is 434 g/mol. The minimum Gasteiger partial charge on any atom is -0.322 e. The van der Waals surface area contributed by atoms with Crippen LogP contribution in [0.15, 0.2) is 46.9 Å². The lowest BCUT2D eigenvalue weighted by Gasteiger charge is -2.22. The fourth-order valence-corrected chi connectivity index (χ4v) is 3.44. The maximum absolute atomic E-state index is 13.8. The average molecular weight is 436 g/mol. The van der Waals surface area contributed by atoms with Gasteiger partial charge in [0.1, 0.15) is 12.4 Å². The minimum atomic E-state index is -3.76. The molecule has 5 nitrogen and oxygen atoms in total. The zero-order valence-corrected chi connectivity index (χ0v) is 15.6. The average Bonchev–Trinajstić information content (AvgIpc) is 2.47. The molecular formula is C15H13BrClFN2O3S. The first kappa shape index (κ1) is 18.7. The van der Waals surface area contributed by atoms with Crippen molar-refractivity contribution in [1.29, 1.82) is 0 Å². The number of para-hydroxylation sites is 1. The zero-order valence-electron chi connectivity index (χ0n) is 12.5. The van der Waals surface area contributed by atoms with Crippen molar-refractivity contribution < 1.29 is 17.6 Å². The summed E-state index contributed by atoms with van der Waals surface area (Å²) in [5, 5.41) is 2.53. The summed E-state index contributed by atoms with van der Waals surface area (Å²) < 4.78 is 39.1. The Labute approximate surface area is 152 Å². The van der Waals surface area contributed by atoms with E-state index in [1.54, 1.807) is 18.2 Å². The number of hydrogen-bond acceptors (Lipinski definition) is 3. The van der Waals surface area contributed by atoms with Crippen LogP contribution in [0.3, 0.4) is 0 Å². The van der Waals surface area contributed by atoms with Gasteiger partial charge in [-0.2, -0.15) is 0 Å². The summed E-state index contributed by atoms with van der Waals surface area (Å²) in [7, 11) is -3.76. The maximum Gasteiger partial charge on any atom is 0.245 e. The number of carbonyl (C=O) groups is 1. The minimum absolute atomic E-state index is 0.0455. The van der Waals surface area contributed by atoms with Crippen molar-refractivity contribution >= 4 is 54.8 Å². The number of halogens is 3. The fraction of sp³-hybridized carbons (Fsp3) is 0.133. The Kier molecular flexibility index (Phi) is 5.84. The van der Waals surface area contributed by atoms with Crippen LogP contribution < -0.4 is 9.62 Å². The molecule has 128 valence electrons. The molecule has 2 rings (SSSR count). The number of sulfonamides is 1. The third-order valence-corrected chi connectivity index (χ3v) is 4.95. The van der Waals surface area contributed by atoms with E-state index in [1.807, 2.05) is 0 Å². The molecule has 2 aromatic carbocycles. The molecule has 9 heteroatoms. The topological polar surface area (TPSA) is 66.5 Å². The van der Waals surface area contributed by atoms with Crippen LogP contribution in [0.2, 0.25) is 5.02 Å². The Morgan fingerprint density at radius 3 is 2.54 bits per heavy atom. The van der Waals surface area contributed by atoms with Gasteiger partial charge in [0.2, 0.25) is 15.9 Å². The quantitative estimate of drug-likeness (QED) is 0.780. The summed E-state index contributed by atoms with van der Waals surface area (Å²) >= 11 is 9.12. The molecule has 2 aromatic rings. The van der Waals surface area contributed by atoms with Crippen LogP contribution in [0.5, 0.6) is 0 Å². The molecule has 0 bridgehead atoms. The van der Waals surface area contributed by atoms with E-state index in [-0.39, 0.29) is 16.4 Å². The highest BCUT2D eigenvalue weighted by Gasteiger charge is 2.23. The molecule has 1 amide bonds. The summed E-state index contributed by atoms with van der Waals surface area (Å²) in [5.74, 6) is -1.33. The predicted molar refractivity (Wildman–Crippen MR) is 96.4 cm³/mol. The van der Waals surface area contributed by atoms with Crippen molar-refractivity contribution in [3.05, 3.63) is 57.8 Å². The number of carbonyl (C=O) groups excluding carboxylic acids is 1. The van der Waals surface area contributed by atoms with Crippen molar-refractivity contribution in [2.45, 2.75) is 0 Å². The molecule has 24 heavy (non-hydrogen) atoms. The molecular weight excluding hydrogens is 423 g/mol. The summed E-state index contributed by atoms with van der Waals surface area (Å²) in [4.78, 5) is 12.2. The Balaban J connectivity index is 2.24. The molecule has 0 aliphatic heterocycles. The molecule has 0 saturated heterocycles. The predicted octanol–water partition coefficient (Wildman–Crippen LogP) is 3.65. The lowest BCUT2D eigenvalue weighted by Crippen LogP contribution is -2.37. The second-order valence-corrected chi connectivity index (χ2v) is 8.12. The smallest absolute Gasteiger partial charge is 0.245 e. The van der Waals surface area contributed by atoms with Crippen LogP contribution in [-0.2, 0) is 14.8 Å². The van der Waals surface area contributed by atoms with Gasteiger partial charge in [-0.15, -0.1) is 0 Å². The number of anilines is 2. The van der Waals surface area contributed by atoms with Gasteiger partial charge in [-0.1, -0.05) is 39.7 Å². The molecule has 0 fully saturated rings. The van der Waals surface area contributed by atoms with Gasteiger partial charge in [-0.25, -0.2) is 12.8 Å². The molecule has 0 heterocycles. The zero-order chi connectivity index (χ0) is 17.9. The van der Waals surface area contributed by atoms with Gasteiger partial charge in [0.05, 0.1) is 22.7 Å². The standard InChI is InChI=1S/C15H13BrClFN2O3S/c1-24(22,23)20(14-5-3-2-4-11(14)17)9-15(21)19-13-7-6-10(16)8-12(13)18/h2-8H,9H2,1H3,(H,19,21). The molecule has 0 saturated carbocycles. The summed E-state index contributed by atoms with van der Waals surface area (Å²) in [6.07, 6.45) is 0.962. The first-order valence-corrected chi connectivity index (χ1v) is 9.67. The van der Waals surface area contributed by atoms with Crippen molar-refractivity contribution in [3.63, 3.8) is 0 Å². The van der Waals surface area contributed by atoms with Gasteiger partial charge in [0.15, 0.2) is 0 Å². The van der Waals surface area contributed by atoms with Crippen molar-refractivity contribution in [3.8, 4) is 0 Å². The van der Waals surface area contributed by atoms with Crippen LogP contribution >= 0.6 is 27.5 Å². The molecule has 0 aliphatic rings. The molecule has 0 aromatic heterocycles. The van der Waals surface area contributed by atoms with Crippen LogP contribution in [0.25, 0.3) is 0 Å². The maximum atomic E-state index is 13.8. The molecule has 0 unspecified atom stereocenters. The Morgan fingerprint density at radius 1 is 1.29 bits per heavy atom. The number of amides is 1. The van der Waals surface area contributed by atoms with Crippen LogP contribution in [0.4, 0.5) is 15.8 Å². The molecule has 0 radical (unpaired) electrons. The van der Waals surface area contributed by atoms with Crippen molar-refractivity contribution in [1.82, 2.24) is 0 Å². The SMILES string of the molecule is CS(=O)(=O)N(CC(=O)Nc1ccc(Br)cc1F)c1ccccc1Cl. The van der Waals surface area contributed by atoms with Gasteiger partial charge >= 0.3 is 0 Å². The summed E-state index contributed by atoms with van der Waals surface area (Å²) in [6, 6.07) is 10.4. The van der Waals surface area contributed by atoms with Crippen molar-refractivity contribution in [2.75, 3.05) is 22.4 Å². The summed E-state index contributed by atoms with van der Waals surface area (Å²) in [5.41, 5.74) is 0.129. The Morgan fingerprint density at radius 2 is 1.96 bits per heavy atom. The second kappa shape index (κ2) is 7.50. The van der Waals surface area contributed by atoms with E-state index in [9.17, 15) is 17.6 Å². The molecule has 1 N–H and O–H groups in total. The number of rotatable bonds is 5. The van der Waals surface area contributed by atoms with E-state index in [4.69, 9.17) is 11.6 Å². The first-order valence-electron chi connectivity index (χ1n) is 6.65. The van der Waals surface area contributed by atoms with Crippen LogP contribution in [0, 0.1) is 5.82 Å². The van der Waals surface area contributed by atoms with Gasteiger partial charge < -0.3 is 5.32 Å². The van der Waals surface area contributed by atoms with Crippen LogP contribution in [-0.4, -0.2) is 27.1 Å². The highest BCUT2D eigenvalue weighted by atomic mass is 79.9. The van der Waals surface area contributed by atoms with Crippen LogP contribution in [0.1, 0.15) is 0 Å². The van der Waals surface area contributed by atoms with Gasteiger partial charge in [0.25, 0.3) is 0 Å². The number of nitrogens with zero attached hydrogens (tertiary/aromatic N) is 1. The fourth-order valence-electron chi connectivity index (χ4n) is 1.95. The molecule has 0 aliphatic carbocycles. The van der Waals surface area contributed by atoms with E-state index < -0.39 is 28.3 Å². The highest BCUT2D eigenvalue weighted by Crippen LogP contribution is 2.27. The Hall–Kier alpha value is -1.64. The summed E-state index contributed by atoms with van der Waals surface area (Å²) in [6.45, 7) is -0.530. The van der Waals surface area contributed by atoms with E-state index in [2.05, 4.69) is 21.2 Å². The van der Waals surface area contributed by atoms with E-state index in [0.29, 0.717) is 4.47 Å². The third kappa shape index (κ3) is 4.68. The van der Waals surface area contributed by atoms with E-state index in [0.717, 1.165) is 10.6 Å². The van der Waals surface area contributed by atoms with Gasteiger partial charge in [-0.3, -0.25) is 9.10 Å². The molecule has 0 spiro atoms. The number of hydrogen-bond donors (Lipinski definition) is 1. The van der Waals surface area contributed by atoms with E-state index >= 15 is 0 Å². The Bertz CT molecular complexity index is 877. The first-order chi connectivity index (χ1) is 11.2. The number of benzene rings is 2. The largest absolute Gasteiger partial charge is 0.322 e. The second-order valence-electron chi connectivity index (χ2n) is 4.89.